The zero-order chi connectivity index (χ0) is 16.1. The lowest BCUT2D eigenvalue weighted by atomic mass is 9.75. The number of Topliss-reactive ketones (excluding diaryl/α,β-unsaturated/α-hetero) is 1. The summed E-state index contributed by atoms with van der Waals surface area (Å²) in [5, 5.41) is 3.52. The molecule has 1 aromatic rings. The van der Waals surface area contributed by atoms with Gasteiger partial charge in [-0.15, -0.1) is 0 Å². The van der Waals surface area contributed by atoms with Crippen LogP contribution in [-0.2, 0) is 10.3 Å². The van der Waals surface area contributed by atoms with Crippen LogP contribution in [0.1, 0.15) is 56.0 Å². The van der Waals surface area contributed by atoms with Gasteiger partial charge in [-0.2, -0.15) is 0 Å². The topological polar surface area (TPSA) is 72.2 Å². The molecular weight excluding hydrogens is 276 g/mol. The Labute approximate surface area is 130 Å². The van der Waals surface area contributed by atoms with Gasteiger partial charge in [-0.25, -0.2) is 0 Å². The van der Waals surface area contributed by atoms with E-state index in [1.54, 1.807) is 6.07 Å². The van der Waals surface area contributed by atoms with E-state index < -0.39 is 11.4 Å². The smallest absolute Gasteiger partial charge is 0.249 e. The Kier molecular flexibility index (Phi) is 3.17. The second-order valence-electron chi connectivity index (χ2n) is 7.44. The van der Waals surface area contributed by atoms with Gasteiger partial charge in [0.2, 0.25) is 5.91 Å². The predicted octanol–water partition coefficient (Wildman–Crippen LogP) is 2.64. The molecule has 1 aliphatic carbocycles. The Morgan fingerprint density at radius 2 is 1.82 bits per heavy atom. The Hall–Kier alpha value is -2.10. The molecule has 22 heavy (non-hydrogen) atoms. The Morgan fingerprint density at radius 1 is 1.14 bits per heavy atom. The average Bonchev–Trinajstić information content (AvgIpc) is 2.75. The van der Waals surface area contributed by atoms with E-state index in [9.17, 15) is 9.59 Å². The number of nitrogens with one attached hydrogen (secondary N) is 1. The predicted molar refractivity (Wildman–Crippen MR) is 85.1 cm³/mol. The molecule has 2 aliphatic rings. The van der Waals surface area contributed by atoms with Crippen LogP contribution >= 0.6 is 0 Å². The van der Waals surface area contributed by atoms with Gasteiger partial charge in [0, 0.05) is 29.7 Å². The van der Waals surface area contributed by atoms with Crippen molar-refractivity contribution in [2.75, 3.05) is 0 Å². The SMILES string of the molecule is CC1(C)CC(=O)C2=C(C1)NC(C)(c1ccccc1C(N)=O)C2. The molecule has 0 saturated heterocycles. The first-order valence-corrected chi connectivity index (χ1v) is 7.65. The fraction of sp³-hybridized carbons (Fsp3) is 0.444. The van der Waals surface area contributed by atoms with E-state index in [1.165, 1.54) is 0 Å². The van der Waals surface area contributed by atoms with Gasteiger partial charge in [0.15, 0.2) is 5.78 Å². The molecule has 0 bridgehead atoms. The summed E-state index contributed by atoms with van der Waals surface area (Å²) < 4.78 is 0. The number of amides is 1. The van der Waals surface area contributed by atoms with Crippen LogP contribution in [0.15, 0.2) is 35.5 Å². The summed E-state index contributed by atoms with van der Waals surface area (Å²) in [5.41, 5.74) is 8.34. The lowest BCUT2D eigenvalue weighted by Gasteiger charge is -2.31. The third-order valence-corrected chi connectivity index (χ3v) is 4.74. The van der Waals surface area contributed by atoms with E-state index in [0.717, 1.165) is 23.3 Å². The summed E-state index contributed by atoms with van der Waals surface area (Å²) in [7, 11) is 0. The number of hydrogen-bond donors (Lipinski definition) is 2. The van der Waals surface area contributed by atoms with Crippen LogP contribution in [0.2, 0.25) is 0 Å². The van der Waals surface area contributed by atoms with Crippen molar-refractivity contribution in [2.24, 2.45) is 11.1 Å². The first-order valence-electron chi connectivity index (χ1n) is 7.65. The van der Waals surface area contributed by atoms with Crippen LogP contribution in [0.25, 0.3) is 0 Å². The highest BCUT2D eigenvalue weighted by Crippen LogP contribution is 2.46. The van der Waals surface area contributed by atoms with Gasteiger partial charge < -0.3 is 11.1 Å². The van der Waals surface area contributed by atoms with E-state index in [2.05, 4.69) is 19.2 Å². The highest BCUT2D eigenvalue weighted by Gasteiger charge is 2.44. The molecule has 3 N–H and O–H groups in total. The molecule has 1 unspecified atom stereocenters. The molecule has 1 amide bonds. The summed E-state index contributed by atoms with van der Waals surface area (Å²) in [6, 6.07) is 7.37. The summed E-state index contributed by atoms with van der Waals surface area (Å²) in [6.45, 7) is 6.26. The number of primary amides is 1. The summed E-state index contributed by atoms with van der Waals surface area (Å²) >= 11 is 0. The van der Waals surface area contributed by atoms with E-state index in [1.807, 2.05) is 25.1 Å². The van der Waals surface area contributed by atoms with Crippen molar-refractivity contribution in [1.82, 2.24) is 5.32 Å². The number of carbonyl (C=O) groups excluding carboxylic acids is 2. The lowest BCUT2D eigenvalue weighted by molar-refractivity contribution is -0.118. The van der Waals surface area contributed by atoms with Crippen molar-refractivity contribution in [3.63, 3.8) is 0 Å². The number of carbonyl (C=O) groups is 2. The van der Waals surface area contributed by atoms with Crippen molar-refractivity contribution in [3.8, 4) is 0 Å². The molecule has 1 heterocycles. The highest BCUT2D eigenvalue weighted by molar-refractivity contribution is 5.99. The van der Waals surface area contributed by atoms with Crippen molar-refractivity contribution >= 4 is 11.7 Å². The van der Waals surface area contributed by atoms with E-state index in [0.29, 0.717) is 18.4 Å². The fourth-order valence-corrected chi connectivity index (χ4v) is 3.75. The largest absolute Gasteiger partial charge is 0.378 e. The maximum Gasteiger partial charge on any atom is 0.249 e. The van der Waals surface area contributed by atoms with Gasteiger partial charge in [0.1, 0.15) is 0 Å². The molecule has 4 nitrogen and oxygen atoms in total. The van der Waals surface area contributed by atoms with Crippen molar-refractivity contribution in [3.05, 3.63) is 46.7 Å². The van der Waals surface area contributed by atoms with Gasteiger partial charge in [-0.05, 0) is 30.4 Å². The standard InChI is InChI=1S/C18H22N2O2/c1-17(2)9-14-12(15(21)10-17)8-18(3,20-14)13-7-5-4-6-11(13)16(19)22/h4-7,20H,8-10H2,1-3H3,(H2,19,22). The van der Waals surface area contributed by atoms with Crippen LogP contribution in [0.3, 0.4) is 0 Å². The second kappa shape index (κ2) is 4.70. The average molecular weight is 298 g/mol. The minimum absolute atomic E-state index is 0.0165. The Balaban J connectivity index is 2.00. The number of ketones is 1. The molecule has 3 rings (SSSR count). The monoisotopic (exact) mass is 298 g/mol. The zero-order valence-electron chi connectivity index (χ0n) is 13.3. The molecule has 1 aromatic carbocycles. The number of benzene rings is 1. The summed E-state index contributed by atoms with van der Waals surface area (Å²) in [4.78, 5) is 24.2. The van der Waals surface area contributed by atoms with Crippen molar-refractivity contribution in [2.45, 2.75) is 45.6 Å². The molecule has 0 radical (unpaired) electrons. The van der Waals surface area contributed by atoms with Crippen molar-refractivity contribution < 1.29 is 9.59 Å². The second-order valence-corrected chi connectivity index (χ2v) is 7.44. The molecule has 0 fully saturated rings. The molecule has 1 atom stereocenters. The van der Waals surface area contributed by atoms with Crippen molar-refractivity contribution in [1.29, 1.82) is 0 Å². The quantitative estimate of drug-likeness (QED) is 0.881. The number of hydrogen-bond acceptors (Lipinski definition) is 3. The van der Waals surface area contributed by atoms with Gasteiger partial charge in [0.05, 0.1) is 5.54 Å². The van der Waals surface area contributed by atoms with E-state index in [4.69, 9.17) is 5.73 Å². The van der Waals surface area contributed by atoms with Crippen LogP contribution in [-0.4, -0.2) is 11.7 Å². The lowest BCUT2D eigenvalue weighted by Crippen LogP contribution is -2.37. The molecule has 0 saturated carbocycles. The van der Waals surface area contributed by atoms with Crippen LogP contribution < -0.4 is 11.1 Å². The first-order chi connectivity index (χ1) is 10.2. The molecule has 116 valence electrons. The highest BCUT2D eigenvalue weighted by atomic mass is 16.1. The third kappa shape index (κ3) is 2.32. The third-order valence-electron chi connectivity index (χ3n) is 4.74. The molecule has 4 heteroatoms. The minimum atomic E-state index is -0.452. The number of rotatable bonds is 2. The Morgan fingerprint density at radius 3 is 2.50 bits per heavy atom. The van der Waals surface area contributed by atoms with Gasteiger partial charge >= 0.3 is 0 Å². The molecular formula is C18H22N2O2. The van der Waals surface area contributed by atoms with Crippen LogP contribution in [0, 0.1) is 5.41 Å². The van der Waals surface area contributed by atoms with Gasteiger partial charge in [-0.3, -0.25) is 9.59 Å². The Bertz CT molecular complexity index is 703. The number of allylic oxidation sites excluding steroid dienone is 1. The normalized spacial score (nSPS) is 26.6. The maximum absolute atomic E-state index is 12.4. The molecule has 0 spiro atoms. The first kappa shape index (κ1) is 14.8. The number of nitrogens with two attached hydrogens (primary N) is 1. The minimum Gasteiger partial charge on any atom is -0.378 e. The summed E-state index contributed by atoms with van der Waals surface area (Å²) in [5.74, 6) is -0.214. The van der Waals surface area contributed by atoms with Gasteiger partial charge in [0.25, 0.3) is 0 Å². The van der Waals surface area contributed by atoms with E-state index in [-0.39, 0.29) is 11.2 Å². The fourth-order valence-electron chi connectivity index (χ4n) is 3.75. The maximum atomic E-state index is 12.4. The molecule has 1 aliphatic heterocycles. The van der Waals surface area contributed by atoms with Crippen LogP contribution in [0.5, 0.6) is 0 Å². The van der Waals surface area contributed by atoms with E-state index >= 15 is 0 Å². The molecule has 0 aromatic heterocycles. The van der Waals surface area contributed by atoms with Gasteiger partial charge in [-0.1, -0.05) is 32.0 Å². The summed E-state index contributed by atoms with van der Waals surface area (Å²) in [6.07, 6.45) is 2.06. The zero-order valence-corrected chi connectivity index (χ0v) is 13.3. The van der Waals surface area contributed by atoms with Crippen LogP contribution in [0.4, 0.5) is 0 Å².